The van der Waals surface area contributed by atoms with Gasteiger partial charge in [0.05, 0.1) is 18.1 Å². The van der Waals surface area contributed by atoms with Gasteiger partial charge in [-0.25, -0.2) is 13.4 Å². The molecule has 0 bridgehead atoms. The second-order valence-corrected chi connectivity index (χ2v) is 8.65. The summed E-state index contributed by atoms with van der Waals surface area (Å²) in [6.07, 6.45) is 2.84. The van der Waals surface area contributed by atoms with Gasteiger partial charge in [-0.2, -0.15) is 4.31 Å². The Labute approximate surface area is 170 Å². The zero-order valence-corrected chi connectivity index (χ0v) is 17.1. The quantitative estimate of drug-likeness (QED) is 0.693. The van der Waals surface area contributed by atoms with E-state index in [1.165, 1.54) is 23.5 Å². The summed E-state index contributed by atoms with van der Waals surface area (Å²) in [4.78, 5) is 18.0. The van der Waals surface area contributed by atoms with Gasteiger partial charge < -0.3 is 15.0 Å². The number of nitrogens with zero attached hydrogens (tertiary/aromatic N) is 3. The molecule has 2 aromatic rings. The third kappa shape index (κ3) is 5.20. The van der Waals surface area contributed by atoms with Crippen molar-refractivity contribution in [3.05, 3.63) is 60.8 Å². The molecule has 1 aliphatic heterocycles. The van der Waals surface area contributed by atoms with Gasteiger partial charge in [0.15, 0.2) is 0 Å². The van der Waals surface area contributed by atoms with Gasteiger partial charge in [-0.05, 0) is 48.0 Å². The number of nitrogens with one attached hydrogen (secondary N) is 1. The van der Waals surface area contributed by atoms with Gasteiger partial charge in [-0.3, -0.25) is 4.79 Å². The topological polar surface area (TPSA) is 91.8 Å². The van der Waals surface area contributed by atoms with E-state index in [2.05, 4.69) is 21.8 Å². The van der Waals surface area contributed by atoms with E-state index < -0.39 is 10.0 Å². The van der Waals surface area contributed by atoms with E-state index in [1.807, 2.05) is 12.1 Å². The molecule has 0 radical (unpaired) electrons. The summed E-state index contributed by atoms with van der Waals surface area (Å²) in [6, 6.07) is 9.75. The van der Waals surface area contributed by atoms with Crippen LogP contribution in [0.3, 0.4) is 0 Å². The van der Waals surface area contributed by atoms with E-state index in [0.29, 0.717) is 18.9 Å². The molecule has 29 heavy (non-hydrogen) atoms. The van der Waals surface area contributed by atoms with E-state index in [4.69, 9.17) is 4.74 Å². The highest BCUT2D eigenvalue weighted by molar-refractivity contribution is 7.89. The molecule has 1 amide bonds. The molecule has 0 aliphatic carbocycles. The number of rotatable bonds is 7. The van der Waals surface area contributed by atoms with Crippen LogP contribution in [0.2, 0.25) is 0 Å². The van der Waals surface area contributed by atoms with Crippen LogP contribution in [-0.2, 0) is 26.1 Å². The summed E-state index contributed by atoms with van der Waals surface area (Å²) in [5.41, 5.74) is 1.35. The Kier molecular flexibility index (Phi) is 6.63. The Morgan fingerprint density at radius 3 is 2.62 bits per heavy atom. The predicted octanol–water partition coefficient (Wildman–Crippen LogP) is 1.86. The third-order valence-corrected chi connectivity index (χ3v) is 6.38. The number of anilines is 2. The fourth-order valence-electron chi connectivity index (χ4n) is 2.95. The predicted molar refractivity (Wildman–Crippen MR) is 111 cm³/mol. The first-order chi connectivity index (χ1) is 13.9. The number of pyridine rings is 1. The van der Waals surface area contributed by atoms with Crippen LogP contribution >= 0.6 is 0 Å². The first-order valence-corrected chi connectivity index (χ1v) is 10.6. The lowest BCUT2D eigenvalue weighted by Gasteiger charge is -2.28. The molecular weight excluding hydrogens is 392 g/mol. The highest BCUT2D eigenvalue weighted by atomic mass is 32.2. The molecule has 9 heteroatoms. The van der Waals surface area contributed by atoms with Crippen molar-refractivity contribution in [2.45, 2.75) is 11.4 Å². The van der Waals surface area contributed by atoms with Crippen LogP contribution in [0.15, 0.2) is 60.1 Å². The van der Waals surface area contributed by atoms with Gasteiger partial charge in [0.2, 0.25) is 15.9 Å². The number of hydrogen-bond donors (Lipinski definition) is 1. The van der Waals surface area contributed by atoms with Gasteiger partial charge in [0.1, 0.15) is 5.82 Å². The molecule has 1 N–H and O–H groups in total. The monoisotopic (exact) mass is 416 g/mol. The van der Waals surface area contributed by atoms with Crippen LogP contribution in [-0.4, -0.2) is 57.0 Å². The minimum atomic E-state index is -3.68. The SMILES string of the molecule is C=CC(=O)Nc1ccc(S(=O)(=O)N(C)Cc2ccnc(N3CCOCC3)c2)cc1. The van der Waals surface area contributed by atoms with Crippen LogP contribution in [0.25, 0.3) is 0 Å². The minimum absolute atomic E-state index is 0.152. The lowest BCUT2D eigenvalue weighted by molar-refractivity contribution is -0.111. The minimum Gasteiger partial charge on any atom is -0.378 e. The maximum absolute atomic E-state index is 12.9. The maximum atomic E-state index is 12.9. The summed E-state index contributed by atoms with van der Waals surface area (Å²) in [5, 5.41) is 2.59. The van der Waals surface area contributed by atoms with Gasteiger partial charge in [-0.15, -0.1) is 0 Å². The molecule has 0 unspecified atom stereocenters. The highest BCUT2D eigenvalue weighted by Gasteiger charge is 2.21. The van der Waals surface area contributed by atoms with E-state index >= 15 is 0 Å². The van der Waals surface area contributed by atoms with Crippen molar-refractivity contribution >= 4 is 27.4 Å². The Morgan fingerprint density at radius 2 is 1.97 bits per heavy atom. The summed E-state index contributed by atoms with van der Waals surface area (Å²) in [7, 11) is -2.14. The molecule has 1 fully saturated rings. The lowest BCUT2D eigenvalue weighted by atomic mass is 10.2. The van der Waals surface area contributed by atoms with Crippen molar-refractivity contribution in [2.24, 2.45) is 0 Å². The van der Waals surface area contributed by atoms with Crippen LogP contribution in [0.5, 0.6) is 0 Å². The molecule has 1 saturated heterocycles. The normalized spacial score (nSPS) is 14.6. The molecule has 0 spiro atoms. The number of sulfonamides is 1. The second kappa shape index (κ2) is 9.17. The number of ether oxygens (including phenoxy) is 1. The third-order valence-electron chi connectivity index (χ3n) is 4.57. The molecule has 2 heterocycles. The van der Waals surface area contributed by atoms with E-state index in [1.54, 1.807) is 18.3 Å². The van der Waals surface area contributed by atoms with Gasteiger partial charge in [0, 0.05) is 38.6 Å². The lowest BCUT2D eigenvalue weighted by Crippen LogP contribution is -2.36. The van der Waals surface area contributed by atoms with E-state index in [0.717, 1.165) is 30.5 Å². The Bertz CT molecular complexity index is 970. The number of hydrogen-bond acceptors (Lipinski definition) is 6. The average molecular weight is 417 g/mol. The second-order valence-electron chi connectivity index (χ2n) is 6.60. The first-order valence-electron chi connectivity index (χ1n) is 9.17. The number of amides is 1. The molecule has 1 aromatic carbocycles. The standard InChI is InChI=1S/C20H24N4O4S/c1-3-20(25)22-17-4-6-18(7-5-17)29(26,27)23(2)15-16-8-9-21-19(14-16)24-10-12-28-13-11-24/h3-9,14H,1,10-13,15H2,2H3,(H,22,25). The number of benzene rings is 1. The van der Waals surface area contributed by atoms with Crippen molar-refractivity contribution in [3.63, 3.8) is 0 Å². The average Bonchev–Trinajstić information content (AvgIpc) is 2.75. The van der Waals surface area contributed by atoms with Gasteiger partial charge >= 0.3 is 0 Å². The number of morpholine rings is 1. The molecule has 0 atom stereocenters. The summed E-state index contributed by atoms with van der Waals surface area (Å²) in [6.45, 7) is 6.44. The molecule has 154 valence electrons. The van der Waals surface area contributed by atoms with Crippen molar-refractivity contribution in [2.75, 3.05) is 43.6 Å². The fraction of sp³-hybridized carbons (Fsp3) is 0.300. The maximum Gasteiger partial charge on any atom is 0.247 e. The molecule has 1 aromatic heterocycles. The Hall–Kier alpha value is -2.75. The van der Waals surface area contributed by atoms with E-state index in [9.17, 15) is 13.2 Å². The van der Waals surface area contributed by atoms with Gasteiger partial charge in [-0.1, -0.05) is 6.58 Å². The van der Waals surface area contributed by atoms with Crippen LogP contribution in [0.1, 0.15) is 5.56 Å². The van der Waals surface area contributed by atoms with Crippen LogP contribution < -0.4 is 10.2 Å². The summed E-state index contributed by atoms with van der Waals surface area (Å²) < 4.78 is 32.4. The first kappa shape index (κ1) is 21.0. The molecule has 0 saturated carbocycles. The summed E-state index contributed by atoms with van der Waals surface area (Å²) >= 11 is 0. The Balaban J connectivity index is 1.71. The fourth-order valence-corrected chi connectivity index (χ4v) is 4.11. The van der Waals surface area contributed by atoms with Crippen molar-refractivity contribution in [1.82, 2.24) is 9.29 Å². The summed E-state index contributed by atoms with van der Waals surface area (Å²) in [5.74, 6) is 0.463. The molecule has 1 aliphatic rings. The highest BCUT2D eigenvalue weighted by Crippen LogP contribution is 2.21. The van der Waals surface area contributed by atoms with Crippen molar-refractivity contribution in [1.29, 1.82) is 0 Å². The number of carbonyl (C=O) groups is 1. The largest absolute Gasteiger partial charge is 0.378 e. The number of aromatic nitrogens is 1. The van der Waals surface area contributed by atoms with Crippen LogP contribution in [0.4, 0.5) is 11.5 Å². The molecule has 3 rings (SSSR count). The van der Waals surface area contributed by atoms with Crippen molar-refractivity contribution < 1.29 is 17.9 Å². The van der Waals surface area contributed by atoms with E-state index in [-0.39, 0.29) is 17.3 Å². The zero-order valence-electron chi connectivity index (χ0n) is 16.2. The Morgan fingerprint density at radius 1 is 1.28 bits per heavy atom. The number of carbonyl (C=O) groups excluding carboxylic acids is 1. The molecular formula is C20H24N4O4S. The van der Waals surface area contributed by atoms with Crippen LogP contribution in [0, 0.1) is 0 Å². The van der Waals surface area contributed by atoms with Gasteiger partial charge in [0.25, 0.3) is 0 Å². The molecule has 8 nitrogen and oxygen atoms in total. The van der Waals surface area contributed by atoms with Crippen molar-refractivity contribution in [3.8, 4) is 0 Å². The zero-order chi connectivity index (χ0) is 20.9. The smallest absolute Gasteiger partial charge is 0.247 e.